The Labute approximate surface area is 141 Å². The number of ether oxygens (including phenoxy) is 2. The Morgan fingerprint density at radius 2 is 2.00 bits per heavy atom. The number of hydrogen-bond acceptors (Lipinski definition) is 6. The molecule has 0 radical (unpaired) electrons. The van der Waals surface area contributed by atoms with Gasteiger partial charge >= 0.3 is 0 Å². The van der Waals surface area contributed by atoms with E-state index in [1.807, 2.05) is 26.2 Å². The summed E-state index contributed by atoms with van der Waals surface area (Å²) in [7, 11) is 3.97. The van der Waals surface area contributed by atoms with Crippen LogP contribution in [0.2, 0.25) is 0 Å². The van der Waals surface area contributed by atoms with Crippen LogP contribution in [0.25, 0.3) is 0 Å². The second-order valence-corrected chi connectivity index (χ2v) is 5.91. The monoisotopic (exact) mass is 330 g/mol. The Morgan fingerprint density at radius 1 is 1.21 bits per heavy atom. The van der Waals surface area contributed by atoms with E-state index in [0.29, 0.717) is 36.8 Å². The van der Waals surface area contributed by atoms with Crippen LogP contribution in [0.3, 0.4) is 0 Å². The van der Waals surface area contributed by atoms with Crippen molar-refractivity contribution < 1.29 is 18.7 Å². The topological polar surface area (TPSA) is 63.9 Å². The zero-order valence-electron chi connectivity index (χ0n) is 14.0. The molecule has 24 heavy (non-hydrogen) atoms. The van der Waals surface area contributed by atoms with E-state index in [1.54, 1.807) is 24.5 Å². The summed E-state index contributed by atoms with van der Waals surface area (Å²) in [6.07, 6.45) is 1.66. The largest absolute Gasteiger partial charge is 0.486 e. The van der Waals surface area contributed by atoms with E-state index >= 15 is 0 Å². The molecule has 1 aliphatic rings. The van der Waals surface area contributed by atoms with Gasteiger partial charge in [-0.05, 0) is 44.4 Å². The molecule has 128 valence electrons. The normalized spacial score (nSPS) is 14.6. The lowest BCUT2D eigenvalue weighted by Gasteiger charge is -2.22. The van der Waals surface area contributed by atoms with Crippen molar-refractivity contribution in [2.24, 2.45) is 0 Å². The molecule has 0 saturated carbocycles. The third-order valence-corrected chi connectivity index (χ3v) is 3.98. The molecule has 0 saturated heterocycles. The third-order valence-electron chi connectivity index (χ3n) is 3.98. The number of likely N-dealkylation sites (N-methyl/N-ethyl adjacent to an activating group) is 1. The first kappa shape index (κ1) is 16.5. The number of furan rings is 1. The molecule has 0 fully saturated rings. The van der Waals surface area contributed by atoms with Gasteiger partial charge in [0, 0.05) is 12.1 Å². The molecule has 6 heteroatoms. The molecule has 1 aromatic carbocycles. The van der Waals surface area contributed by atoms with E-state index < -0.39 is 0 Å². The Bertz CT molecular complexity index is 682. The van der Waals surface area contributed by atoms with E-state index in [9.17, 15) is 4.79 Å². The first-order valence-electron chi connectivity index (χ1n) is 7.98. The van der Waals surface area contributed by atoms with Crippen LogP contribution in [-0.4, -0.2) is 51.1 Å². The van der Waals surface area contributed by atoms with Gasteiger partial charge in [0.25, 0.3) is 0 Å². The zero-order chi connectivity index (χ0) is 16.9. The van der Waals surface area contributed by atoms with Crippen LogP contribution < -0.4 is 14.8 Å². The van der Waals surface area contributed by atoms with Crippen molar-refractivity contribution in [1.29, 1.82) is 0 Å². The Morgan fingerprint density at radius 3 is 2.71 bits per heavy atom. The molecular formula is C18H22N2O4. The summed E-state index contributed by atoms with van der Waals surface area (Å²) in [6, 6.07) is 9.18. The Hall–Kier alpha value is -2.31. The summed E-state index contributed by atoms with van der Waals surface area (Å²) in [4.78, 5) is 14.4. The van der Waals surface area contributed by atoms with Gasteiger partial charge in [0.05, 0.1) is 18.8 Å². The van der Waals surface area contributed by atoms with Crippen molar-refractivity contribution in [2.45, 2.75) is 6.04 Å². The Kier molecular flexibility index (Phi) is 5.17. The van der Waals surface area contributed by atoms with Crippen molar-refractivity contribution in [3.63, 3.8) is 0 Å². The highest BCUT2D eigenvalue weighted by Gasteiger charge is 2.18. The van der Waals surface area contributed by atoms with Crippen LogP contribution in [-0.2, 0) is 0 Å². The zero-order valence-corrected chi connectivity index (χ0v) is 14.0. The maximum absolute atomic E-state index is 12.4. The van der Waals surface area contributed by atoms with E-state index in [1.165, 1.54) is 0 Å². The highest BCUT2D eigenvalue weighted by Crippen LogP contribution is 2.30. The van der Waals surface area contributed by atoms with E-state index in [2.05, 4.69) is 10.2 Å². The van der Waals surface area contributed by atoms with Gasteiger partial charge in [-0.1, -0.05) is 0 Å². The average molecular weight is 330 g/mol. The number of nitrogens with zero attached hydrogens (tertiary/aromatic N) is 1. The minimum atomic E-state index is 0.0175. The van der Waals surface area contributed by atoms with Crippen LogP contribution in [0.4, 0.5) is 0 Å². The molecule has 0 amide bonds. The van der Waals surface area contributed by atoms with Gasteiger partial charge in [-0.2, -0.15) is 0 Å². The van der Waals surface area contributed by atoms with Gasteiger partial charge in [-0.3, -0.25) is 9.69 Å². The summed E-state index contributed by atoms with van der Waals surface area (Å²) in [5, 5.41) is 3.21. The number of carbonyl (C=O) groups excluding carboxylic acids is 1. The van der Waals surface area contributed by atoms with Gasteiger partial charge in [0.15, 0.2) is 17.3 Å². The molecule has 1 atom stereocenters. The van der Waals surface area contributed by atoms with Gasteiger partial charge < -0.3 is 19.2 Å². The highest BCUT2D eigenvalue weighted by atomic mass is 16.6. The van der Waals surface area contributed by atoms with Crippen LogP contribution in [0, 0.1) is 0 Å². The lowest BCUT2D eigenvalue weighted by Crippen LogP contribution is -2.33. The van der Waals surface area contributed by atoms with Crippen LogP contribution in [0.15, 0.2) is 41.0 Å². The number of hydrogen-bond donors (Lipinski definition) is 1. The number of Topliss-reactive ketones (excluding diaryl/α,β-unsaturated/α-hetero) is 1. The lowest BCUT2D eigenvalue weighted by atomic mass is 10.1. The van der Waals surface area contributed by atoms with Gasteiger partial charge in [-0.25, -0.2) is 0 Å². The van der Waals surface area contributed by atoms with Crippen molar-refractivity contribution in [1.82, 2.24) is 10.2 Å². The summed E-state index contributed by atoms with van der Waals surface area (Å²) < 4.78 is 16.5. The predicted molar refractivity (Wildman–Crippen MR) is 89.8 cm³/mol. The number of benzene rings is 1. The van der Waals surface area contributed by atoms with Gasteiger partial charge in [-0.15, -0.1) is 0 Å². The summed E-state index contributed by atoms with van der Waals surface area (Å²) in [5.41, 5.74) is 0.617. The molecule has 2 aromatic rings. The maximum Gasteiger partial charge on any atom is 0.176 e. The average Bonchev–Trinajstić information content (AvgIpc) is 3.11. The Balaban J connectivity index is 1.57. The smallest absolute Gasteiger partial charge is 0.176 e. The SMILES string of the molecule is CN(C)C(CNCC(=O)c1ccc2c(c1)OCCO2)c1ccco1. The van der Waals surface area contributed by atoms with Crippen molar-refractivity contribution in [3.05, 3.63) is 47.9 Å². The second kappa shape index (κ2) is 7.51. The van der Waals surface area contributed by atoms with Gasteiger partial charge in [0.2, 0.25) is 0 Å². The number of nitrogens with one attached hydrogen (secondary N) is 1. The number of rotatable bonds is 7. The molecule has 3 rings (SSSR count). The maximum atomic E-state index is 12.4. The molecule has 0 spiro atoms. The van der Waals surface area contributed by atoms with Crippen LogP contribution in [0.1, 0.15) is 22.2 Å². The minimum Gasteiger partial charge on any atom is -0.486 e. The van der Waals surface area contributed by atoms with E-state index in [4.69, 9.17) is 13.9 Å². The molecule has 1 N–H and O–H groups in total. The predicted octanol–water partition coefficient (Wildman–Crippen LogP) is 2.13. The number of ketones is 1. The first-order valence-corrected chi connectivity index (χ1v) is 7.98. The summed E-state index contributed by atoms with van der Waals surface area (Å²) >= 11 is 0. The van der Waals surface area contributed by atoms with Crippen LogP contribution >= 0.6 is 0 Å². The van der Waals surface area contributed by atoms with Gasteiger partial charge in [0.1, 0.15) is 19.0 Å². The summed E-state index contributed by atoms with van der Waals surface area (Å²) in [5.74, 6) is 2.22. The fourth-order valence-electron chi connectivity index (χ4n) is 2.66. The van der Waals surface area contributed by atoms with Crippen molar-refractivity contribution >= 4 is 5.78 Å². The quantitative estimate of drug-likeness (QED) is 0.785. The number of carbonyl (C=O) groups is 1. The first-order chi connectivity index (χ1) is 11.6. The standard InChI is InChI=1S/C18H22N2O4/c1-20(2)14(16-4-3-7-22-16)11-19-12-15(21)13-5-6-17-18(10-13)24-9-8-23-17/h3-7,10,14,19H,8-9,11-12H2,1-2H3. The molecule has 6 nitrogen and oxygen atoms in total. The van der Waals surface area contributed by atoms with Crippen LogP contribution in [0.5, 0.6) is 11.5 Å². The molecule has 0 bridgehead atoms. The molecule has 2 heterocycles. The minimum absolute atomic E-state index is 0.0175. The number of fused-ring (bicyclic) bond motifs is 1. The molecule has 0 aliphatic carbocycles. The summed E-state index contributed by atoms with van der Waals surface area (Å²) in [6.45, 7) is 1.93. The lowest BCUT2D eigenvalue weighted by molar-refractivity contribution is 0.0986. The van der Waals surface area contributed by atoms with E-state index in [-0.39, 0.29) is 18.4 Å². The van der Waals surface area contributed by atoms with E-state index in [0.717, 1.165) is 5.76 Å². The highest BCUT2D eigenvalue weighted by molar-refractivity contribution is 5.98. The van der Waals surface area contributed by atoms with Crippen molar-refractivity contribution in [2.75, 3.05) is 40.4 Å². The molecule has 1 unspecified atom stereocenters. The van der Waals surface area contributed by atoms with Crippen molar-refractivity contribution in [3.8, 4) is 11.5 Å². The molecular weight excluding hydrogens is 308 g/mol. The fourth-order valence-corrected chi connectivity index (χ4v) is 2.66. The molecule has 1 aromatic heterocycles. The fraction of sp³-hybridized carbons (Fsp3) is 0.389. The molecule has 1 aliphatic heterocycles. The third kappa shape index (κ3) is 3.77. The second-order valence-electron chi connectivity index (χ2n) is 5.91.